The summed E-state index contributed by atoms with van der Waals surface area (Å²) >= 11 is 6.01. The summed E-state index contributed by atoms with van der Waals surface area (Å²) in [5, 5.41) is 0.310. The molecule has 0 aliphatic heterocycles. The van der Waals surface area contributed by atoms with Gasteiger partial charge in [0, 0.05) is 12.1 Å². The van der Waals surface area contributed by atoms with Gasteiger partial charge in [-0.2, -0.15) is 0 Å². The molecule has 0 aromatic heterocycles. The molecule has 0 radical (unpaired) electrons. The Hall–Kier alpha value is -2.12. The first-order valence-corrected chi connectivity index (χ1v) is 8.36. The lowest BCUT2D eigenvalue weighted by molar-refractivity contribution is 0.402. The minimum atomic E-state index is -3.88. The summed E-state index contributed by atoms with van der Waals surface area (Å²) in [5.41, 5.74) is 0.208. The van der Waals surface area contributed by atoms with Crippen molar-refractivity contribution in [3.8, 4) is 17.2 Å². The second kappa shape index (κ2) is 6.97. The number of sulfonamides is 1. The van der Waals surface area contributed by atoms with Gasteiger partial charge in [-0.15, -0.1) is 0 Å². The highest BCUT2D eigenvalue weighted by Crippen LogP contribution is 2.37. The summed E-state index contributed by atoms with van der Waals surface area (Å²) in [5.74, 6) is 0.833. The number of benzene rings is 2. The molecule has 0 unspecified atom stereocenters. The SMILES string of the molecule is COc1cc(NS(=O)(=O)c2ccccc2OC)c(OC)cc1Cl. The summed E-state index contributed by atoms with van der Waals surface area (Å²) < 4.78 is 43.0. The van der Waals surface area contributed by atoms with E-state index in [9.17, 15) is 8.42 Å². The summed E-state index contributed by atoms with van der Waals surface area (Å²) in [6.07, 6.45) is 0. The lowest BCUT2D eigenvalue weighted by Crippen LogP contribution is -2.14. The maximum atomic E-state index is 12.6. The van der Waals surface area contributed by atoms with Crippen LogP contribution in [0.3, 0.4) is 0 Å². The third kappa shape index (κ3) is 3.62. The quantitative estimate of drug-likeness (QED) is 0.859. The highest BCUT2D eigenvalue weighted by molar-refractivity contribution is 7.92. The molecule has 0 aliphatic rings. The van der Waals surface area contributed by atoms with Crippen molar-refractivity contribution < 1.29 is 22.6 Å². The highest BCUT2D eigenvalue weighted by atomic mass is 35.5. The van der Waals surface area contributed by atoms with Gasteiger partial charge in [-0.25, -0.2) is 8.42 Å². The van der Waals surface area contributed by atoms with Crippen LogP contribution in [0.5, 0.6) is 17.2 Å². The first-order valence-electron chi connectivity index (χ1n) is 6.50. The van der Waals surface area contributed by atoms with Gasteiger partial charge in [0.1, 0.15) is 22.1 Å². The van der Waals surface area contributed by atoms with E-state index in [4.69, 9.17) is 25.8 Å². The molecule has 0 fully saturated rings. The first-order chi connectivity index (χ1) is 10.9. The number of hydrogen-bond acceptors (Lipinski definition) is 5. The maximum absolute atomic E-state index is 12.6. The van der Waals surface area contributed by atoms with Gasteiger partial charge in [0.05, 0.1) is 32.0 Å². The van der Waals surface area contributed by atoms with Crippen LogP contribution in [-0.4, -0.2) is 29.7 Å². The predicted molar refractivity (Wildman–Crippen MR) is 88.4 cm³/mol. The van der Waals surface area contributed by atoms with Crippen LogP contribution >= 0.6 is 11.6 Å². The summed E-state index contributed by atoms with van der Waals surface area (Å²) in [4.78, 5) is 0.0125. The Balaban J connectivity index is 2.49. The Morgan fingerprint density at radius 1 is 0.913 bits per heavy atom. The highest BCUT2D eigenvalue weighted by Gasteiger charge is 2.21. The molecule has 0 saturated carbocycles. The van der Waals surface area contributed by atoms with Crippen LogP contribution < -0.4 is 18.9 Å². The third-order valence-corrected chi connectivity index (χ3v) is 4.78. The number of methoxy groups -OCH3 is 3. The fourth-order valence-electron chi connectivity index (χ4n) is 1.98. The van der Waals surface area contributed by atoms with Crippen LogP contribution in [0.15, 0.2) is 41.3 Å². The molecule has 6 nitrogen and oxygen atoms in total. The number of anilines is 1. The largest absolute Gasteiger partial charge is 0.495 e. The molecule has 0 heterocycles. The number of rotatable bonds is 6. The Morgan fingerprint density at radius 2 is 1.52 bits per heavy atom. The van der Waals surface area contributed by atoms with Gasteiger partial charge >= 0.3 is 0 Å². The monoisotopic (exact) mass is 357 g/mol. The Kier molecular flexibility index (Phi) is 5.23. The molecule has 1 N–H and O–H groups in total. The Bertz CT molecular complexity index is 808. The van der Waals surface area contributed by atoms with E-state index in [0.717, 1.165) is 0 Å². The molecule has 2 aromatic rings. The minimum Gasteiger partial charge on any atom is -0.495 e. The Morgan fingerprint density at radius 3 is 2.13 bits per heavy atom. The molecule has 0 spiro atoms. The average Bonchev–Trinajstić information content (AvgIpc) is 2.55. The first kappa shape index (κ1) is 17.2. The van der Waals surface area contributed by atoms with Gasteiger partial charge < -0.3 is 14.2 Å². The topological polar surface area (TPSA) is 73.9 Å². The van der Waals surface area contributed by atoms with Gasteiger partial charge in [-0.1, -0.05) is 23.7 Å². The zero-order valence-electron chi connectivity index (χ0n) is 12.8. The molecule has 2 aromatic carbocycles. The normalized spacial score (nSPS) is 11.0. The van der Waals surface area contributed by atoms with Crippen molar-refractivity contribution in [3.05, 3.63) is 41.4 Å². The maximum Gasteiger partial charge on any atom is 0.265 e. The van der Waals surface area contributed by atoms with Crippen LogP contribution in [0.4, 0.5) is 5.69 Å². The number of para-hydroxylation sites is 1. The van der Waals surface area contributed by atoms with Crippen molar-refractivity contribution in [2.45, 2.75) is 4.90 Å². The molecule has 23 heavy (non-hydrogen) atoms. The average molecular weight is 358 g/mol. The van der Waals surface area contributed by atoms with Crippen molar-refractivity contribution in [3.63, 3.8) is 0 Å². The predicted octanol–water partition coefficient (Wildman–Crippen LogP) is 3.17. The standard InChI is InChI=1S/C15H16ClNO5S/c1-20-12-6-4-5-7-15(12)23(18,19)17-11-9-13(21-2)10(16)8-14(11)22-3/h4-9,17H,1-3H3. The molecule has 0 saturated heterocycles. The number of ether oxygens (including phenoxy) is 3. The number of hydrogen-bond donors (Lipinski definition) is 1. The van der Waals surface area contributed by atoms with E-state index in [1.807, 2.05) is 0 Å². The van der Waals surface area contributed by atoms with E-state index in [1.165, 1.54) is 39.5 Å². The second-order valence-electron chi connectivity index (χ2n) is 4.44. The fraction of sp³-hybridized carbons (Fsp3) is 0.200. The number of nitrogens with one attached hydrogen (secondary N) is 1. The van der Waals surface area contributed by atoms with Crippen molar-refractivity contribution in [2.24, 2.45) is 0 Å². The molecule has 8 heteroatoms. The third-order valence-electron chi connectivity index (χ3n) is 3.08. The molecule has 124 valence electrons. The summed E-state index contributed by atoms with van der Waals surface area (Å²) in [7, 11) is 0.375. The molecule has 0 atom stereocenters. The van der Waals surface area contributed by atoms with E-state index >= 15 is 0 Å². The number of halogens is 1. The molecule has 2 rings (SSSR count). The van der Waals surface area contributed by atoms with Crippen molar-refractivity contribution in [1.82, 2.24) is 0 Å². The summed E-state index contributed by atoms with van der Waals surface area (Å²) in [6.45, 7) is 0. The lowest BCUT2D eigenvalue weighted by Gasteiger charge is -2.15. The summed E-state index contributed by atoms with van der Waals surface area (Å²) in [6, 6.07) is 9.23. The van der Waals surface area contributed by atoms with E-state index < -0.39 is 10.0 Å². The fourth-order valence-corrected chi connectivity index (χ4v) is 3.44. The van der Waals surface area contributed by atoms with Crippen LogP contribution in [0.1, 0.15) is 0 Å². The second-order valence-corrected chi connectivity index (χ2v) is 6.50. The molecular formula is C15H16ClNO5S. The van der Waals surface area contributed by atoms with E-state index in [1.54, 1.807) is 18.2 Å². The van der Waals surface area contributed by atoms with Crippen molar-refractivity contribution in [2.75, 3.05) is 26.1 Å². The Labute approximate surface area is 140 Å². The molecule has 0 bridgehead atoms. The van der Waals surface area contributed by atoms with E-state index in [-0.39, 0.29) is 22.1 Å². The van der Waals surface area contributed by atoms with Gasteiger partial charge in [0.25, 0.3) is 10.0 Å². The van der Waals surface area contributed by atoms with Crippen LogP contribution in [0.2, 0.25) is 5.02 Å². The van der Waals surface area contributed by atoms with Crippen molar-refractivity contribution in [1.29, 1.82) is 0 Å². The van der Waals surface area contributed by atoms with Gasteiger partial charge in [-0.3, -0.25) is 4.72 Å². The van der Waals surface area contributed by atoms with Gasteiger partial charge in [0.2, 0.25) is 0 Å². The van der Waals surface area contributed by atoms with Crippen LogP contribution in [0, 0.1) is 0 Å². The lowest BCUT2D eigenvalue weighted by atomic mass is 10.3. The molecular weight excluding hydrogens is 342 g/mol. The molecule has 0 aliphatic carbocycles. The smallest absolute Gasteiger partial charge is 0.265 e. The van der Waals surface area contributed by atoms with E-state index in [2.05, 4.69) is 4.72 Å². The zero-order chi connectivity index (χ0) is 17.0. The minimum absolute atomic E-state index is 0.0125. The van der Waals surface area contributed by atoms with Gasteiger partial charge in [0.15, 0.2) is 0 Å². The van der Waals surface area contributed by atoms with E-state index in [0.29, 0.717) is 10.8 Å². The van der Waals surface area contributed by atoms with Gasteiger partial charge in [-0.05, 0) is 12.1 Å². The molecule has 0 amide bonds. The van der Waals surface area contributed by atoms with Crippen LogP contribution in [0.25, 0.3) is 0 Å². The van der Waals surface area contributed by atoms with Crippen molar-refractivity contribution >= 4 is 27.3 Å². The zero-order valence-corrected chi connectivity index (χ0v) is 14.4. The van der Waals surface area contributed by atoms with Crippen LogP contribution in [-0.2, 0) is 10.0 Å².